The SMILES string of the molecule is COc1ccccc1NS(=O)(=O)c1ccc(N/N=C(\C)c2ccccc2)c([N+](=O)[O-])c1. The average Bonchev–Trinajstić information content (AvgIpc) is 2.78. The first-order valence-corrected chi connectivity index (χ1v) is 10.6. The van der Waals surface area contributed by atoms with Crippen molar-refractivity contribution in [1.29, 1.82) is 0 Å². The molecule has 0 saturated heterocycles. The van der Waals surface area contributed by atoms with Crippen LogP contribution in [0.4, 0.5) is 17.1 Å². The normalized spacial score (nSPS) is 11.6. The van der Waals surface area contributed by atoms with Gasteiger partial charge in [0.25, 0.3) is 15.7 Å². The topological polar surface area (TPSA) is 123 Å². The number of rotatable bonds is 8. The molecule has 3 aromatic carbocycles. The molecule has 0 bridgehead atoms. The van der Waals surface area contributed by atoms with Crippen molar-refractivity contribution in [2.24, 2.45) is 5.10 Å². The van der Waals surface area contributed by atoms with Gasteiger partial charge in [-0.05, 0) is 36.8 Å². The summed E-state index contributed by atoms with van der Waals surface area (Å²) in [7, 11) is -2.68. The van der Waals surface area contributed by atoms with Crippen LogP contribution in [0.5, 0.6) is 5.75 Å². The number of nitro groups is 1. The second-order valence-electron chi connectivity index (χ2n) is 6.42. The maximum atomic E-state index is 12.8. The van der Waals surface area contributed by atoms with Crippen LogP contribution in [0.25, 0.3) is 0 Å². The fourth-order valence-corrected chi connectivity index (χ4v) is 3.83. The third-order valence-corrected chi connectivity index (χ3v) is 5.73. The molecule has 0 atom stereocenters. The number of sulfonamides is 1. The van der Waals surface area contributed by atoms with E-state index in [1.807, 2.05) is 30.3 Å². The molecular weight excluding hydrogens is 420 g/mol. The molecular formula is C21H20N4O5S. The molecule has 0 fully saturated rings. The minimum absolute atomic E-state index is 0.0662. The van der Waals surface area contributed by atoms with Gasteiger partial charge in [-0.2, -0.15) is 5.10 Å². The minimum Gasteiger partial charge on any atom is -0.495 e. The van der Waals surface area contributed by atoms with E-state index in [4.69, 9.17) is 4.74 Å². The highest BCUT2D eigenvalue weighted by Gasteiger charge is 2.22. The summed E-state index contributed by atoms with van der Waals surface area (Å²) in [6, 6.07) is 19.3. The Morgan fingerprint density at radius 3 is 2.35 bits per heavy atom. The van der Waals surface area contributed by atoms with Gasteiger partial charge in [0, 0.05) is 6.07 Å². The molecule has 0 saturated carbocycles. The third-order valence-electron chi connectivity index (χ3n) is 4.36. The third kappa shape index (κ3) is 5.17. The molecule has 160 valence electrons. The van der Waals surface area contributed by atoms with E-state index in [1.165, 1.54) is 25.3 Å². The van der Waals surface area contributed by atoms with Crippen LogP contribution in [0, 0.1) is 10.1 Å². The second-order valence-corrected chi connectivity index (χ2v) is 8.10. The first-order valence-electron chi connectivity index (χ1n) is 9.12. The summed E-state index contributed by atoms with van der Waals surface area (Å²) in [6.07, 6.45) is 0. The van der Waals surface area contributed by atoms with Crippen LogP contribution >= 0.6 is 0 Å². The average molecular weight is 440 g/mol. The highest BCUT2D eigenvalue weighted by Crippen LogP contribution is 2.30. The molecule has 0 heterocycles. The maximum absolute atomic E-state index is 12.8. The molecule has 9 nitrogen and oxygen atoms in total. The molecule has 0 unspecified atom stereocenters. The monoisotopic (exact) mass is 440 g/mol. The smallest absolute Gasteiger partial charge is 0.295 e. The van der Waals surface area contributed by atoms with E-state index in [1.54, 1.807) is 25.1 Å². The Bertz CT molecular complexity index is 1230. The van der Waals surface area contributed by atoms with Crippen LogP contribution in [0.2, 0.25) is 0 Å². The van der Waals surface area contributed by atoms with E-state index < -0.39 is 20.6 Å². The zero-order valence-corrected chi connectivity index (χ0v) is 17.6. The zero-order valence-electron chi connectivity index (χ0n) is 16.8. The molecule has 0 aliphatic heterocycles. The number of nitrogens with one attached hydrogen (secondary N) is 2. The molecule has 0 aliphatic carbocycles. The van der Waals surface area contributed by atoms with Crippen LogP contribution in [0.1, 0.15) is 12.5 Å². The Morgan fingerprint density at radius 1 is 1.00 bits per heavy atom. The molecule has 0 radical (unpaired) electrons. The van der Waals surface area contributed by atoms with Crippen molar-refractivity contribution >= 4 is 32.8 Å². The highest BCUT2D eigenvalue weighted by molar-refractivity contribution is 7.92. The number of para-hydroxylation sites is 2. The summed E-state index contributed by atoms with van der Waals surface area (Å²) in [5.74, 6) is 0.324. The molecule has 3 aromatic rings. The lowest BCUT2D eigenvalue weighted by Crippen LogP contribution is -2.14. The van der Waals surface area contributed by atoms with Gasteiger partial charge in [0.1, 0.15) is 11.4 Å². The van der Waals surface area contributed by atoms with Gasteiger partial charge >= 0.3 is 0 Å². The number of hydrogen-bond acceptors (Lipinski definition) is 7. The Morgan fingerprint density at radius 2 is 1.68 bits per heavy atom. The molecule has 3 rings (SSSR count). The van der Waals surface area contributed by atoms with Crippen molar-refractivity contribution in [3.05, 3.63) is 88.5 Å². The van der Waals surface area contributed by atoms with Crippen molar-refractivity contribution in [1.82, 2.24) is 0 Å². The lowest BCUT2D eigenvalue weighted by atomic mass is 10.1. The summed E-state index contributed by atoms with van der Waals surface area (Å²) in [5, 5.41) is 15.7. The van der Waals surface area contributed by atoms with Gasteiger partial charge in [-0.1, -0.05) is 42.5 Å². The van der Waals surface area contributed by atoms with Crippen LogP contribution in [-0.2, 0) is 10.0 Å². The van der Waals surface area contributed by atoms with E-state index in [2.05, 4.69) is 15.2 Å². The predicted molar refractivity (Wildman–Crippen MR) is 119 cm³/mol. The number of ether oxygens (including phenoxy) is 1. The Hall–Kier alpha value is -3.92. The largest absolute Gasteiger partial charge is 0.495 e. The van der Waals surface area contributed by atoms with E-state index in [-0.39, 0.29) is 16.3 Å². The zero-order chi connectivity index (χ0) is 22.4. The molecule has 31 heavy (non-hydrogen) atoms. The molecule has 0 spiro atoms. The fourth-order valence-electron chi connectivity index (χ4n) is 2.74. The summed E-state index contributed by atoms with van der Waals surface area (Å²) in [6.45, 7) is 1.75. The number of hydrazone groups is 1. The van der Waals surface area contributed by atoms with Gasteiger partial charge in [0.05, 0.1) is 28.3 Å². The van der Waals surface area contributed by atoms with Crippen LogP contribution in [0.3, 0.4) is 0 Å². The maximum Gasteiger partial charge on any atom is 0.295 e. The van der Waals surface area contributed by atoms with Crippen molar-refractivity contribution in [2.75, 3.05) is 17.3 Å². The van der Waals surface area contributed by atoms with Gasteiger partial charge in [0.15, 0.2) is 0 Å². The highest BCUT2D eigenvalue weighted by atomic mass is 32.2. The van der Waals surface area contributed by atoms with Crippen molar-refractivity contribution in [3.63, 3.8) is 0 Å². The molecule has 0 aliphatic rings. The van der Waals surface area contributed by atoms with Crippen LogP contribution < -0.4 is 14.9 Å². The van der Waals surface area contributed by atoms with Crippen molar-refractivity contribution in [2.45, 2.75) is 11.8 Å². The lowest BCUT2D eigenvalue weighted by Gasteiger charge is -2.12. The van der Waals surface area contributed by atoms with Gasteiger partial charge in [0.2, 0.25) is 0 Å². The van der Waals surface area contributed by atoms with Gasteiger partial charge in [-0.3, -0.25) is 20.3 Å². The van der Waals surface area contributed by atoms with E-state index in [0.717, 1.165) is 11.6 Å². The van der Waals surface area contributed by atoms with Crippen molar-refractivity contribution < 1.29 is 18.1 Å². The summed E-state index contributed by atoms with van der Waals surface area (Å²) in [4.78, 5) is 10.6. The lowest BCUT2D eigenvalue weighted by molar-refractivity contribution is -0.384. The second kappa shape index (κ2) is 9.26. The number of anilines is 2. The fraction of sp³-hybridized carbons (Fsp3) is 0.0952. The Kier molecular flexibility index (Phi) is 6.51. The van der Waals surface area contributed by atoms with E-state index in [0.29, 0.717) is 11.5 Å². The number of hydrogen-bond donors (Lipinski definition) is 2. The Balaban J connectivity index is 1.90. The van der Waals surface area contributed by atoms with E-state index >= 15 is 0 Å². The number of benzene rings is 3. The first kappa shape index (κ1) is 21.8. The molecule has 0 aromatic heterocycles. The summed E-state index contributed by atoms with van der Waals surface area (Å²) >= 11 is 0. The number of nitrogens with zero attached hydrogens (tertiary/aromatic N) is 2. The summed E-state index contributed by atoms with van der Waals surface area (Å²) < 4.78 is 33.1. The van der Waals surface area contributed by atoms with Gasteiger partial charge in [-0.25, -0.2) is 8.42 Å². The molecule has 10 heteroatoms. The predicted octanol–water partition coefficient (Wildman–Crippen LogP) is 4.24. The van der Waals surface area contributed by atoms with Gasteiger partial charge < -0.3 is 4.74 Å². The Labute approximate surface area is 179 Å². The van der Waals surface area contributed by atoms with E-state index in [9.17, 15) is 18.5 Å². The molecule has 0 amide bonds. The first-order chi connectivity index (χ1) is 14.8. The number of nitro benzene ring substituents is 1. The number of methoxy groups -OCH3 is 1. The molecule has 2 N–H and O–H groups in total. The minimum atomic E-state index is -4.09. The van der Waals surface area contributed by atoms with Crippen molar-refractivity contribution in [3.8, 4) is 5.75 Å². The summed E-state index contributed by atoms with van der Waals surface area (Å²) in [5.41, 5.74) is 3.97. The standard InChI is InChI=1S/C21H20N4O5S/c1-15(16-8-4-3-5-9-16)22-23-18-13-12-17(14-20(18)25(26)27)31(28,29)24-19-10-6-7-11-21(19)30-2/h3-14,23-24H,1-2H3/b22-15+. The van der Waals surface area contributed by atoms with Crippen LogP contribution in [0.15, 0.2) is 82.8 Å². The quantitative estimate of drug-likeness (QED) is 0.307. The van der Waals surface area contributed by atoms with Crippen LogP contribution in [-0.4, -0.2) is 26.2 Å². The van der Waals surface area contributed by atoms with Gasteiger partial charge in [-0.15, -0.1) is 0 Å².